The summed E-state index contributed by atoms with van der Waals surface area (Å²) in [6.45, 7) is 2.43. The highest BCUT2D eigenvalue weighted by Gasteiger charge is 2.14. The van der Waals surface area contributed by atoms with E-state index >= 15 is 0 Å². The summed E-state index contributed by atoms with van der Waals surface area (Å²) in [6.07, 6.45) is 0. The van der Waals surface area contributed by atoms with Crippen LogP contribution in [-0.4, -0.2) is 29.1 Å². The number of carbonyl (C=O) groups is 1. The summed E-state index contributed by atoms with van der Waals surface area (Å²) in [5.41, 5.74) is 8.01. The van der Waals surface area contributed by atoms with Gasteiger partial charge in [-0.05, 0) is 42.8 Å². The Morgan fingerprint density at radius 3 is 2.64 bits per heavy atom. The molecule has 0 atom stereocenters. The molecule has 10 heteroatoms. The molecule has 0 saturated carbocycles. The zero-order valence-corrected chi connectivity index (χ0v) is 16.5. The maximum absolute atomic E-state index is 11.3. The van der Waals surface area contributed by atoms with E-state index in [4.69, 9.17) is 26.8 Å². The minimum absolute atomic E-state index is 0. The van der Waals surface area contributed by atoms with Crippen LogP contribution in [0.2, 0.25) is 5.02 Å². The summed E-state index contributed by atoms with van der Waals surface area (Å²) in [6, 6.07) is 9.03. The van der Waals surface area contributed by atoms with Gasteiger partial charge in [0.1, 0.15) is 0 Å². The minimum atomic E-state index is -0.600. The first-order chi connectivity index (χ1) is 13.0. The molecule has 1 aromatic heterocycles. The summed E-state index contributed by atoms with van der Waals surface area (Å²) >= 11 is 6.29. The first-order valence-corrected chi connectivity index (χ1v) is 8.66. The van der Waals surface area contributed by atoms with Crippen molar-refractivity contribution in [3.05, 3.63) is 51.4 Å². The van der Waals surface area contributed by atoms with Gasteiger partial charge in [-0.25, -0.2) is 4.79 Å². The monoisotopic (exact) mass is 425 g/mol. The Morgan fingerprint density at radius 2 is 1.93 bits per heavy atom. The number of ether oxygens (including phenoxy) is 2. The topological polar surface area (TPSA) is 122 Å². The fraction of sp³-hybridized carbons (Fsp3) is 0.222. The second kappa shape index (κ2) is 9.38. The highest BCUT2D eigenvalue weighted by molar-refractivity contribution is 6.32. The average molecular weight is 426 g/mol. The Morgan fingerprint density at radius 1 is 1.18 bits per heavy atom. The van der Waals surface area contributed by atoms with Crippen LogP contribution >= 0.6 is 11.6 Å². The molecule has 0 spiro atoms. The number of halogens is 2. The molecule has 0 aliphatic rings. The van der Waals surface area contributed by atoms with Crippen molar-refractivity contribution in [2.45, 2.75) is 13.5 Å². The van der Waals surface area contributed by atoms with Gasteiger partial charge in [0.15, 0.2) is 18.1 Å². The number of benzene rings is 2. The van der Waals surface area contributed by atoms with Gasteiger partial charge in [-0.1, -0.05) is 11.6 Å². The van der Waals surface area contributed by atoms with E-state index in [1.165, 1.54) is 0 Å². The molecule has 3 rings (SSSR count). The predicted octanol–water partition coefficient (Wildman–Crippen LogP) is -0.611. The van der Waals surface area contributed by atoms with Crippen LogP contribution in [0.25, 0.3) is 11.0 Å². The summed E-state index contributed by atoms with van der Waals surface area (Å²) in [5, 5.41) is 3.59. The van der Waals surface area contributed by atoms with Crippen LogP contribution in [0.4, 0.5) is 5.69 Å². The van der Waals surface area contributed by atoms with Gasteiger partial charge >= 0.3 is 5.69 Å². The molecule has 3 aromatic rings. The zero-order valence-electron chi connectivity index (χ0n) is 15.0. The maximum Gasteiger partial charge on any atom is 0.323 e. The molecular formula is C18H19Cl2N4O4-. The Bertz CT molecular complexity index is 1030. The number of anilines is 1. The lowest BCUT2D eigenvalue weighted by Crippen LogP contribution is -3.00. The molecule has 0 aliphatic carbocycles. The average Bonchev–Trinajstić information content (AvgIpc) is 2.98. The fourth-order valence-corrected chi connectivity index (χ4v) is 2.90. The first-order valence-electron chi connectivity index (χ1n) is 8.28. The van der Waals surface area contributed by atoms with Crippen molar-refractivity contribution in [3.63, 3.8) is 0 Å². The van der Waals surface area contributed by atoms with E-state index in [1.807, 2.05) is 25.1 Å². The highest BCUT2D eigenvalue weighted by atomic mass is 35.5. The molecule has 5 N–H and O–H groups in total. The smallest absolute Gasteiger partial charge is 0.323 e. The number of hydrogen-bond donors (Lipinski definition) is 4. The number of aromatic amines is 2. The van der Waals surface area contributed by atoms with Gasteiger partial charge in [-0.3, -0.25) is 4.79 Å². The number of H-pyrrole nitrogens is 2. The predicted molar refractivity (Wildman–Crippen MR) is 104 cm³/mol. The lowest BCUT2D eigenvalue weighted by atomic mass is 10.2. The van der Waals surface area contributed by atoms with E-state index < -0.39 is 5.91 Å². The Kier molecular flexibility index (Phi) is 7.19. The lowest BCUT2D eigenvalue weighted by Gasteiger charge is -2.15. The third-order valence-corrected chi connectivity index (χ3v) is 4.02. The zero-order chi connectivity index (χ0) is 19.4. The second-order valence-corrected chi connectivity index (χ2v) is 6.19. The van der Waals surface area contributed by atoms with E-state index in [9.17, 15) is 9.59 Å². The molecule has 1 amide bonds. The maximum atomic E-state index is 11.3. The Hall–Kier alpha value is -2.84. The van der Waals surface area contributed by atoms with Gasteiger partial charge in [0.2, 0.25) is 0 Å². The first kappa shape index (κ1) is 21.5. The molecule has 8 nitrogen and oxygen atoms in total. The number of aromatic nitrogens is 2. The lowest BCUT2D eigenvalue weighted by molar-refractivity contribution is -0.119. The largest absolute Gasteiger partial charge is 1.00 e. The third-order valence-electron chi connectivity index (χ3n) is 3.74. The number of fused-ring (bicyclic) bond motifs is 1. The van der Waals surface area contributed by atoms with Crippen LogP contribution in [0.5, 0.6) is 11.5 Å². The van der Waals surface area contributed by atoms with Crippen LogP contribution < -0.4 is 38.6 Å². The van der Waals surface area contributed by atoms with Gasteiger partial charge in [-0.15, -0.1) is 0 Å². The molecule has 150 valence electrons. The quantitative estimate of drug-likeness (QED) is 0.383. The number of nitrogens with two attached hydrogens (primary N) is 1. The minimum Gasteiger partial charge on any atom is -1.00 e. The van der Waals surface area contributed by atoms with Crippen LogP contribution in [0.3, 0.4) is 0 Å². The third kappa shape index (κ3) is 5.11. The van der Waals surface area contributed by atoms with E-state index in [0.29, 0.717) is 29.4 Å². The molecule has 2 aromatic carbocycles. The van der Waals surface area contributed by atoms with Crippen molar-refractivity contribution < 1.29 is 26.7 Å². The molecule has 1 heterocycles. The van der Waals surface area contributed by atoms with Crippen LogP contribution in [0.15, 0.2) is 35.1 Å². The van der Waals surface area contributed by atoms with E-state index in [0.717, 1.165) is 16.8 Å². The highest BCUT2D eigenvalue weighted by Crippen LogP contribution is 2.37. The van der Waals surface area contributed by atoms with E-state index in [-0.39, 0.29) is 30.5 Å². The van der Waals surface area contributed by atoms with Crippen LogP contribution in [-0.2, 0) is 11.3 Å². The molecule has 28 heavy (non-hydrogen) atoms. The standard InChI is InChI=1S/C18H19ClN4O4.ClH/c1-2-26-15-6-10(5-12(19)17(15)27-9-16(20)24)8-21-11-3-4-13-14(7-11)23-18(25)22-13;/h3-7,21H,2,8-9H2,1H3,(H2,20,24)(H2,22,23,25);1H/p-1. The van der Waals surface area contributed by atoms with Gasteiger partial charge in [-0.2, -0.15) is 0 Å². The molecule has 0 radical (unpaired) electrons. The fourth-order valence-electron chi connectivity index (χ4n) is 2.62. The number of nitrogens with one attached hydrogen (secondary N) is 3. The Balaban J connectivity index is 0.00000280. The normalized spacial score (nSPS) is 10.4. The van der Waals surface area contributed by atoms with Gasteiger partial charge in [0, 0.05) is 12.2 Å². The van der Waals surface area contributed by atoms with Gasteiger partial charge < -0.3 is 42.9 Å². The van der Waals surface area contributed by atoms with E-state index in [2.05, 4.69) is 15.3 Å². The molecule has 0 saturated heterocycles. The molecule has 0 aliphatic heterocycles. The molecule has 0 bridgehead atoms. The van der Waals surface area contributed by atoms with Gasteiger partial charge in [0.25, 0.3) is 5.91 Å². The molecule has 0 unspecified atom stereocenters. The van der Waals surface area contributed by atoms with Crippen molar-refractivity contribution in [1.29, 1.82) is 0 Å². The number of imidazole rings is 1. The number of amides is 1. The second-order valence-electron chi connectivity index (χ2n) is 5.79. The summed E-state index contributed by atoms with van der Waals surface area (Å²) in [5.74, 6) is 0.123. The van der Waals surface area contributed by atoms with E-state index in [1.54, 1.807) is 12.1 Å². The summed E-state index contributed by atoms with van der Waals surface area (Å²) < 4.78 is 10.9. The number of carbonyl (C=O) groups excluding carboxylic acids is 1. The summed E-state index contributed by atoms with van der Waals surface area (Å²) in [4.78, 5) is 27.7. The number of rotatable bonds is 8. The van der Waals surface area contributed by atoms with Gasteiger partial charge in [0.05, 0.1) is 22.7 Å². The number of primary amides is 1. The van der Waals surface area contributed by atoms with Crippen molar-refractivity contribution in [1.82, 2.24) is 9.97 Å². The van der Waals surface area contributed by atoms with Crippen molar-refractivity contribution in [2.75, 3.05) is 18.5 Å². The SMILES string of the molecule is CCOc1cc(CNc2ccc3[nH]c(=O)[nH]c3c2)cc(Cl)c1OCC(N)=O.[Cl-]. The molecule has 0 fully saturated rings. The Labute approximate surface area is 171 Å². The van der Waals surface area contributed by atoms with Crippen LogP contribution in [0.1, 0.15) is 12.5 Å². The van der Waals surface area contributed by atoms with Crippen molar-refractivity contribution >= 4 is 34.2 Å². The number of hydrogen-bond acceptors (Lipinski definition) is 5. The van der Waals surface area contributed by atoms with Crippen molar-refractivity contribution in [3.8, 4) is 11.5 Å². The van der Waals surface area contributed by atoms with Crippen LogP contribution in [0, 0.1) is 0 Å². The summed E-state index contributed by atoms with van der Waals surface area (Å²) in [7, 11) is 0. The molecular weight excluding hydrogens is 407 g/mol. The van der Waals surface area contributed by atoms with Crippen molar-refractivity contribution in [2.24, 2.45) is 5.73 Å².